The molecule has 1 aliphatic heterocycles. The minimum atomic E-state index is 0. The van der Waals surface area contributed by atoms with E-state index in [-0.39, 0.29) is 30.3 Å². The first kappa shape index (κ1) is 14.4. The van der Waals surface area contributed by atoms with Crippen molar-refractivity contribution >= 4 is 18.3 Å². The highest BCUT2D eigenvalue weighted by molar-refractivity contribution is 5.85. The van der Waals surface area contributed by atoms with Gasteiger partial charge in [0.1, 0.15) is 0 Å². The molecule has 4 heteroatoms. The second-order valence-corrected chi connectivity index (χ2v) is 5.34. The number of benzene rings is 1. The molecule has 1 aromatic rings. The van der Waals surface area contributed by atoms with Crippen LogP contribution in [0.4, 0.5) is 0 Å². The van der Waals surface area contributed by atoms with Gasteiger partial charge >= 0.3 is 0 Å². The zero-order valence-corrected chi connectivity index (χ0v) is 11.8. The van der Waals surface area contributed by atoms with Gasteiger partial charge < -0.3 is 10.6 Å². The van der Waals surface area contributed by atoms with E-state index in [0.717, 1.165) is 38.8 Å². The van der Waals surface area contributed by atoms with Crippen LogP contribution in [-0.2, 0) is 11.2 Å². The van der Waals surface area contributed by atoms with Gasteiger partial charge in [0.2, 0.25) is 5.91 Å². The lowest BCUT2D eigenvalue weighted by atomic mass is 9.98. The zero-order chi connectivity index (χ0) is 12.4. The van der Waals surface area contributed by atoms with Crippen molar-refractivity contribution in [1.29, 1.82) is 0 Å². The number of rotatable bonds is 2. The maximum Gasteiger partial charge on any atom is 0.224 e. The molecule has 1 heterocycles. The second-order valence-electron chi connectivity index (χ2n) is 5.34. The monoisotopic (exact) mass is 280 g/mol. The van der Waals surface area contributed by atoms with Crippen molar-refractivity contribution < 1.29 is 4.79 Å². The molecule has 1 amide bonds. The third-order valence-corrected chi connectivity index (χ3v) is 4.12. The first-order valence-electron chi connectivity index (χ1n) is 6.93. The summed E-state index contributed by atoms with van der Waals surface area (Å²) in [5.74, 6) is 0.385. The van der Waals surface area contributed by atoms with Gasteiger partial charge in [-0.3, -0.25) is 4.79 Å². The quantitative estimate of drug-likeness (QED) is 0.872. The third kappa shape index (κ3) is 3.10. The average Bonchev–Trinajstić information content (AvgIpc) is 2.83. The van der Waals surface area contributed by atoms with Gasteiger partial charge in [-0.2, -0.15) is 0 Å². The Morgan fingerprint density at radius 3 is 2.89 bits per heavy atom. The molecule has 2 atom stereocenters. The number of nitrogens with one attached hydrogen (secondary N) is 2. The number of aryl methyl sites for hydroxylation is 1. The third-order valence-electron chi connectivity index (χ3n) is 4.12. The topological polar surface area (TPSA) is 41.1 Å². The molecule has 1 saturated heterocycles. The molecule has 0 aromatic heterocycles. The van der Waals surface area contributed by atoms with Crippen molar-refractivity contribution in [1.82, 2.24) is 10.6 Å². The Morgan fingerprint density at radius 1 is 1.26 bits per heavy atom. The molecule has 0 saturated carbocycles. The van der Waals surface area contributed by atoms with Crippen molar-refractivity contribution in [2.24, 2.45) is 5.92 Å². The number of piperidine rings is 1. The fourth-order valence-electron chi connectivity index (χ4n) is 3.07. The normalized spacial score (nSPS) is 25.3. The molecule has 1 aliphatic carbocycles. The fourth-order valence-corrected chi connectivity index (χ4v) is 3.07. The van der Waals surface area contributed by atoms with Crippen molar-refractivity contribution in [3.8, 4) is 0 Å². The van der Waals surface area contributed by atoms with Gasteiger partial charge in [-0.25, -0.2) is 0 Å². The summed E-state index contributed by atoms with van der Waals surface area (Å²) in [6.07, 6.45) is 4.27. The van der Waals surface area contributed by atoms with E-state index in [1.807, 2.05) is 0 Å². The Morgan fingerprint density at radius 2 is 2.11 bits per heavy atom. The molecule has 19 heavy (non-hydrogen) atoms. The maximum absolute atomic E-state index is 12.2. The Bertz CT molecular complexity index is 444. The molecule has 3 rings (SSSR count). The Balaban J connectivity index is 0.00000133. The Kier molecular flexibility index (Phi) is 4.83. The van der Waals surface area contributed by atoms with Crippen LogP contribution >= 0.6 is 12.4 Å². The summed E-state index contributed by atoms with van der Waals surface area (Å²) < 4.78 is 0. The van der Waals surface area contributed by atoms with E-state index in [2.05, 4.69) is 34.9 Å². The molecular formula is C15H21ClN2O. The minimum absolute atomic E-state index is 0. The van der Waals surface area contributed by atoms with Gasteiger partial charge in [-0.15, -0.1) is 12.4 Å². The number of amides is 1. The molecular weight excluding hydrogens is 260 g/mol. The molecule has 3 nitrogen and oxygen atoms in total. The van der Waals surface area contributed by atoms with Gasteiger partial charge in [0, 0.05) is 6.54 Å². The SMILES string of the molecule is Cl.O=C(NC1CCc2ccccc21)C1CCCNC1. The van der Waals surface area contributed by atoms with Crippen LogP contribution in [-0.4, -0.2) is 19.0 Å². The molecule has 0 bridgehead atoms. The summed E-state index contributed by atoms with van der Waals surface area (Å²) >= 11 is 0. The first-order valence-corrected chi connectivity index (χ1v) is 6.93. The molecule has 1 fully saturated rings. The Hall–Kier alpha value is -1.06. The Labute approximate surface area is 120 Å². The van der Waals surface area contributed by atoms with Gasteiger partial charge in [0.05, 0.1) is 12.0 Å². The van der Waals surface area contributed by atoms with E-state index < -0.39 is 0 Å². The number of carbonyl (C=O) groups excluding carboxylic acids is 1. The number of halogens is 1. The first-order chi connectivity index (χ1) is 8.84. The van der Waals surface area contributed by atoms with Crippen LogP contribution in [0.1, 0.15) is 36.4 Å². The van der Waals surface area contributed by atoms with Crippen LogP contribution < -0.4 is 10.6 Å². The minimum Gasteiger partial charge on any atom is -0.349 e. The van der Waals surface area contributed by atoms with E-state index in [9.17, 15) is 4.79 Å². The molecule has 0 spiro atoms. The predicted molar refractivity (Wildman–Crippen MR) is 78.5 cm³/mol. The maximum atomic E-state index is 12.2. The summed E-state index contributed by atoms with van der Waals surface area (Å²) in [6.45, 7) is 1.89. The van der Waals surface area contributed by atoms with Gasteiger partial charge in [0.15, 0.2) is 0 Å². The number of carbonyl (C=O) groups is 1. The van der Waals surface area contributed by atoms with Crippen molar-refractivity contribution in [2.75, 3.05) is 13.1 Å². The van der Waals surface area contributed by atoms with E-state index in [4.69, 9.17) is 0 Å². The molecule has 2 N–H and O–H groups in total. The molecule has 0 radical (unpaired) electrons. The van der Waals surface area contributed by atoms with Crippen LogP contribution in [0, 0.1) is 5.92 Å². The highest BCUT2D eigenvalue weighted by Crippen LogP contribution is 2.31. The van der Waals surface area contributed by atoms with Crippen LogP contribution in [0.2, 0.25) is 0 Å². The van der Waals surface area contributed by atoms with Crippen molar-refractivity contribution in [3.05, 3.63) is 35.4 Å². The van der Waals surface area contributed by atoms with Crippen LogP contribution in [0.15, 0.2) is 24.3 Å². The molecule has 2 unspecified atom stereocenters. The highest BCUT2D eigenvalue weighted by Gasteiger charge is 2.27. The largest absolute Gasteiger partial charge is 0.349 e. The molecule has 1 aromatic carbocycles. The standard InChI is InChI=1S/C15H20N2O.ClH/c18-15(12-5-3-9-16-10-12)17-14-8-7-11-4-1-2-6-13(11)14;/h1-2,4,6,12,14,16H,3,5,7-10H2,(H,17,18);1H. The van der Waals surface area contributed by atoms with Gasteiger partial charge in [-0.05, 0) is 43.4 Å². The number of hydrogen-bond acceptors (Lipinski definition) is 2. The highest BCUT2D eigenvalue weighted by atomic mass is 35.5. The van der Waals surface area contributed by atoms with E-state index in [1.54, 1.807) is 0 Å². The van der Waals surface area contributed by atoms with Crippen molar-refractivity contribution in [2.45, 2.75) is 31.7 Å². The number of hydrogen-bond donors (Lipinski definition) is 2. The van der Waals surface area contributed by atoms with Crippen LogP contribution in [0.5, 0.6) is 0 Å². The summed E-state index contributed by atoms with van der Waals surface area (Å²) in [4.78, 5) is 12.2. The lowest BCUT2D eigenvalue weighted by molar-refractivity contribution is -0.126. The van der Waals surface area contributed by atoms with Gasteiger partial charge in [0.25, 0.3) is 0 Å². The van der Waals surface area contributed by atoms with E-state index >= 15 is 0 Å². The predicted octanol–water partition coefficient (Wildman–Crippen LogP) is 2.21. The van der Waals surface area contributed by atoms with Crippen LogP contribution in [0.25, 0.3) is 0 Å². The second kappa shape index (κ2) is 6.40. The number of fused-ring (bicyclic) bond motifs is 1. The molecule has 2 aliphatic rings. The summed E-state index contributed by atoms with van der Waals surface area (Å²) in [7, 11) is 0. The summed E-state index contributed by atoms with van der Waals surface area (Å²) in [5.41, 5.74) is 2.71. The van der Waals surface area contributed by atoms with E-state index in [0.29, 0.717) is 0 Å². The lowest BCUT2D eigenvalue weighted by Gasteiger charge is -2.24. The fraction of sp³-hybridized carbons (Fsp3) is 0.533. The van der Waals surface area contributed by atoms with Crippen molar-refractivity contribution in [3.63, 3.8) is 0 Å². The van der Waals surface area contributed by atoms with E-state index in [1.165, 1.54) is 11.1 Å². The van der Waals surface area contributed by atoms with Gasteiger partial charge in [-0.1, -0.05) is 24.3 Å². The smallest absolute Gasteiger partial charge is 0.224 e. The molecule has 104 valence electrons. The zero-order valence-electron chi connectivity index (χ0n) is 11.0. The van der Waals surface area contributed by atoms with Crippen LogP contribution in [0.3, 0.4) is 0 Å². The average molecular weight is 281 g/mol. The summed E-state index contributed by atoms with van der Waals surface area (Å²) in [6, 6.07) is 8.69. The lowest BCUT2D eigenvalue weighted by Crippen LogP contribution is -2.41. The summed E-state index contributed by atoms with van der Waals surface area (Å²) in [5, 5.41) is 6.52.